The van der Waals surface area contributed by atoms with E-state index in [1.54, 1.807) is 15.1 Å². The van der Waals surface area contributed by atoms with E-state index in [2.05, 4.69) is 15.4 Å². The number of fused-ring (bicyclic) bond motifs is 2. The first-order valence-electron chi connectivity index (χ1n) is 9.85. The first-order valence-corrected chi connectivity index (χ1v) is 9.85. The van der Waals surface area contributed by atoms with Crippen molar-refractivity contribution in [2.45, 2.75) is 33.2 Å². The van der Waals surface area contributed by atoms with Crippen molar-refractivity contribution in [3.8, 4) is 17.0 Å². The summed E-state index contributed by atoms with van der Waals surface area (Å²) in [5, 5.41) is 19.9. The summed E-state index contributed by atoms with van der Waals surface area (Å²) in [5.74, 6) is -0.00716. The van der Waals surface area contributed by atoms with Crippen molar-refractivity contribution in [1.29, 1.82) is 0 Å². The van der Waals surface area contributed by atoms with E-state index < -0.39 is 0 Å². The Labute approximate surface area is 167 Å². The Balaban J connectivity index is 1.72. The molecule has 1 fully saturated rings. The molecule has 7 nitrogen and oxygen atoms in total. The minimum Gasteiger partial charge on any atom is -0.507 e. The maximum absolute atomic E-state index is 13.1. The van der Waals surface area contributed by atoms with Gasteiger partial charge in [-0.1, -0.05) is 0 Å². The van der Waals surface area contributed by atoms with Crippen molar-refractivity contribution in [2.75, 3.05) is 13.1 Å². The standard InChI is InChI=1S/C22H23N5O2/c1-12-6-18(25-27-11-14(3)24-21(12)27)15-7-17-13(2)10-26(16-4-5-23-9-16)22(29)20(17)19(28)8-15/h6-8,10-11,16,23,28H,4-5,9H2,1-3H3. The lowest BCUT2D eigenvalue weighted by atomic mass is 10.0. The Morgan fingerprint density at radius 2 is 1.97 bits per heavy atom. The lowest BCUT2D eigenvalue weighted by molar-refractivity contribution is 0.479. The molecule has 0 saturated carbocycles. The molecule has 4 aromatic rings. The fourth-order valence-corrected chi connectivity index (χ4v) is 4.31. The summed E-state index contributed by atoms with van der Waals surface area (Å²) in [6.45, 7) is 7.58. The van der Waals surface area contributed by atoms with E-state index in [1.807, 2.05) is 45.3 Å². The van der Waals surface area contributed by atoms with Crippen molar-refractivity contribution >= 4 is 16.4 Å². The molecule has 0 amide bonds. The number of imidazole rings is 1. The average Bonchev–Trinajstić information content (AvgIpc) is 3.33. The molecule has 1 aliphatic rings. The van der Waals surface area contributed by atoms with Gasteiger partial charge in [-0.25, -0.2) is 9.50 Å². The highest BCUT2D eigenvalue weighted by atomic mass is 16.3. The van der Waals surface area contributed by atoms with Crippen LogP contribution in [0.5, 0.6) is 5.75 Å². The number of pyridine rings is 1. The highest BCUT2D eigenvalue weighted by Crippen LogP contribution is 2.32. The van der Waals surface area contributed by atoms with Gasteiger partial charge in [0.2, 0.25) is 0 Å². The normalized spacial score (nSPS) is 16.9. The molecule has 0 spiro atoms. The first kappa shape index (κ1) is 17.9. The summed E-state index contributed by atoms with van der Waals surface area (Å²) in [7, 11) is 0. The van der Waals surface area contributed by atoms with E-state index in [1.165, 1.54) is 0 Å². The molecule has 0 aliphatic carbocycles. The Morgan fingerprint density at radius 3 is 2.72 bits per heavy atom. The van der Waals surface area contributed by atoms with Gasteiger partial charge >= 0.3 is 0 Å². The molecule has 29 heavy (non-hydrogen) atoms. The van der Waals surface area contributed by atoms with Crippen LogP contribution >= 0.6 is 0 Å². The van der Waals surface area contributed by atoms with E-state index in [9.17, 15) is 9.90 Å². The molecular formula is C22H23N5O2. The van der Waals surface area contributed by atoms with E-state index in [-0.39, 0.29) is 17.4 Å². The van der Waals surface area contributed by atoms with Crippen LogP contribution in [-0.4, -0.2) is 37.4 Å². The van der Waals surface area contributed by atoms with Crippen molar-refractivity contribution < 1.29 is 5.11 Å². The quantitative estimate of drug-likeness (QED) is 0.551. The van der Waals surface area contributed by atoms with Gasteiger partial charge in [0.05, 0.1) is 29.0 Å². The van der Waals surface area contributed by atoms with Gasteiger partial charge in [-0.3, -0.25) is 4.79 Å². The van der Waals surface area contributed by atoms with Crippen molar-refractivity contribution in [3.63, 3.8) is 0 Å². The fourth-order valence-electron chi connectivity index (χ4n) is 4.31. The number of aromatic hydroxyl groups is 1. The molecule has 1 unspecified atom stereocenters. The second-order valence-electron chi connectivity index (χ2n) is 7.95. The molecule has 148 valence electrons. The molecular weight excluding hydrogens is 366 g/mol. The highest BCUT2D eigenvalue weighted by Gasteiger charge is 2.21. The van der Waals surface area contributed by atoms with Crippen LogP contribution in [0.15, 0.2) is 35.4 Å². The largest absolute Gasteiger partial charge is 0.507 e. The van der Waals surface area contributed by atoms with Gasteiger partial charge in [0.1, 0.15) is 5.75 Å². The lowest BCUT2D eigenvalue weighted by Crippen LogP contribution is -2.26. The molecule has 2 N–H and O–H groups in total. The van der Waals surface area contributed by atoms with Crippen LogP contribution in [0, 0.1) is 20.8 Å². The maximum atomic E-state index is 13.1. The van der Waals surface area contributed by atoms with Crippen LogP contribution in [0.2, 0.25) is 0 Å². The van der Waals surface area contributed by atoms with Crippen molar-refractivity contribution in [1.82, 2.24) is 24.5 Å². The fraction of sp³-hybridized carbons (Fsp3) is 0.318. The minimum atomic E-state index is -0.145. The predicted molar refractivity (Wildman–Crippen MR) is 113 cm³/mol. The SMILES string of the molecule is Cc1cn2nc(-c3cc(O)c4c(=O)n(C5CCNC5)cc(C)c4c3)cc(C)c2n1. The van der Waals surface area contributed by atoms with Gasteiger partial charge in [0, 0.05) is 18.3 Å². The topological polar surface area (TPSA) is 84.5 Å². The second kappa shape index (κ2) is 6.42. The van der Waals surface area contributed by atoms with Crippen LogP contribution in [-0.2, 0) is 0 Å². The predicted octanol–water partition coefficient (Wildman–Crippen LogP) is 2.88. The smallest absolute Gasteiger partial charge is 0.262 e. The number of hydrogen-bond donors (Lipinski definition) is 2. The van der Waals surface area contributed by atoms with Crippen LogP contribution in [0.3, 0.4) is 0 Å². The summed E-state index contributed by atoms with van der Waals surface area (Å²) in [6, 6.07) is 5.67. The van der Waals surface area contributed by atoms with Crippen LogP contribution < -0.4 is 10.9 Å². The molecule has 0 bridgehead atoms. The molecule has 0 radical (unpaired) electrons. The third-order valence-electron chi connectivity index (χ3n) is 5.78. The van der Waals surface area contributed by atoms with Crippen molar-refractivity contribution in [3.05, 3.63) is 57.8 Å². The van der Waals surface area contributed by atoms with Gasteiger partial charge in [-0.05, 0) is 68.4 Å². The van der Waals surface area contributed by atoms with Gasteiger partial charge in [-0.15, -0.1) is 0 Å². The number of phenolic OH excluding ortho intramolecular Hbond substituents is 1. The summed E-state index contributed by atoms with van der Waals surface area (Å²) < 4.78 is 3.53. The Bertz CT molecular complexity index is 1330. The van der Waals surface area contributed by atoms with Crippen LogP contribution in [0.4, 0.5) is 0 Å². The molecule has 5 rings (SSSR count). The number of aryl methyl sites for hydroxylation is 3. The lowest BCUT2D eigenvalue weighted by Gasteiger charge is -2.17. The number of phenols is 1. The van der Waals surface area contributed by atoms with E-state index in [4.69, 9.17) is 0 Å². The molecule has 4 heterocycles. The molecule has 1 atom stereocenters. The highest BCUT2D eigenvalue weighted by molar-refractivity contribution is 5.93. The number of hydrogen-bond acceptors (Lipinski definition) is 5. The maximum Gasteiger partial charge on any atom is 0.262 e. The monoisotopic (exact) mass is 389 g/mol. The van der Waals surface area contributed by atoms with E-state index in [0.29, 0.717) is 5.39 Å². The number of rotatable bonds is 2. The van der Waals surface area contributed by atoms with Gasteiger partial charge in [0.25, 0.3) is 5.56 Å². The minimum absolute atomic E-state index is 0.00716. The molecule has 1 saturated heterocycles. The molecule has 3 aromatic heterocycles. The third kappa shape index (κ3) is 2.81. The van der Waals surface area contributed by atoms with Crippen molar-refractivity contribution in [2.24, 2.45) is 0 Å². The molecule has 1 aliphatic heterocycles. The number of nitrogens with zero attached hydrogens (tertiary/aromatic N) is 4. The number of nitrogens with one attached hydrogen (secondary N) is 1. The zero-order chi connectivity index (χ0) is 20.3. The number of aromatic nitrogens is 4. The summed E-state index contributed by atoms with van der Waals surface area (Å²) in [4.78, 5) is 17.6. The summed E-state index contributed by atoms with van der Waals surface area (Å²) in [6.07, 6.45) is 4.70. The Kier molecular flexibility index (Phi) is 3.96. The average molecular weight is 389 g/mol. The van der Waals surface area contributed by atoms with Gasteiger partial charge in [-0.2, -0.15) is 5.10 Å². The van der Waals surface area contributed by atoms with E-state index >= 15 is 0 Å². The Hall–Kier alpha value is -3.19. The molecule has 1 aromatic carbocycles. The van der Waals surface area contributed by atoms with Gasteiger partial charge in [0.15, 0.2) is 5.65 Å². The zero-order valence-corrected chi connectivity index (χ0v) is 16.7. The zero-order valence-electron chi connectivity index (χ0n) is 16.7. The molecule has 7 heteroatoms. The van der Waals surface area contributed by atoms with Crippen LogP contribution in [0.25, 0.3) is 27.7 Å². The first-order chi connectivity index (χ1) is 13.9. The number of benzene rings is 1. The summed E-state index contributed by atoms with van der Waals surface area (Å²) in [5.41, 5.74) is 5.04. The van der Waals surface area contributed by atoms with Crippen LogP contribution in [0.1, 0.15) is 29.3 Å². The van der Waals surface area contributed by atoms with Gasteiger partial charge < -0.3 is 15.0 Å². The summed E-state index contributed by atoms with van der Waals surface area (Å²) >= 11 is 0. The third-order valence-corrected chi connectivity index (χ3v) is 5.78. The van der Waals surface area contributed by atoms with E-state index in [0.717, 1.165) is 58.6 Å². The second-order valence-corrected chi connectivity index (χ2v) is 7.95. The Morgan fingerprint density at radius 1 is 1.14 bits per heavy atom.